The standard InChI is InChI=1S/C8H19N5O2/c1-8(10,6(14)15)4-2-3-5-12-7(9)13-11/h2-5,10-11H2,1H3,(H,14,15)(H3,9,12,13). The molecule has 8 N–H and O–H groups in total. The number of aliphatic imine (C=N–C) groups is 1. The Morgan fingerprint density at radius 2 is 2.13 bits per heavy atom. The molecule has 7 nitrogen and oxygen atoms in total. The van der Waals surface area contributed by atoms with Gasteiger partial charge in [0.05, 0.1) is 0 Å². The summed E-state index contributed by atoms with van der Waals surface area (Å²) in [7, 11) is 0. The van der Waals surface area contributed by atoms with Gasteiger partial charge in [0.2, 0.25) is 5.96 Å². The third-order valence-corrected chi connectivity index (χ3v) is 2.02. The molecule has 0 rings (SSSR count). The summed E-state index contributed by atoms with van der Waals surface area (Å²) >= 11 is 0. The van der Waals surface area contributed by atoms with Gasteiger partial charge in [-0.25, -0.2) is 5.84 Å². The van der Waals surface area contributed by atoms with Crippen LogP contribution in [0.5, 0.6) is 0 Å². The van der Waals surface area contributed by atoms with Crippen molar-refractivity contribution in [2.45, 2.75) is 31.7 Å². The van der Waals surface area contributed by atoms with Crippen LogP contribution in [0.25, 0.3) is 0 Å². The largest absolute Gasteiger partial charge is 0.480 e. The molecule has 88 valence electrons. The second-order valence-corrected chi connectivity index (χ2v) is 3.59. The average molecular weight is 217 g/mol. The number of nitrogens with two attached hydrogens (primary N) is 3. The molecule has 0 aliphatic heterocycles. The quantitative estimate of drug-likeness (QED) is 0.124. The fourth-order valence-corrected chi connectivity index (χ4v) is 0.956. The van der Waals surface area contributed by atoms with Crippen LogP contribution in [0.15, 0.2) is 4.99 Å². The van der Waals surface area contributed by atoms with Gasteiger partial charge in [0, 0.05) is 6.54 Å². The highest BCUT2D eigenvalue weighted by atomic mass is 16.4. The summed E-state index contributed by atoms with van der Waals surface area (Å²) in [4.78, 5) is 14.5. The summed E-state index contributed by atoms with van der Waals surface area (Å²) in [6, 6.07) is 0. The van der Waals surface area contributed by atoms with Gasteiger partial charge in [-0.1, -0.05) is 0 Å². The van der Waals surface area contributed by atoms with Crippen molar-refractivity contribution >= 4 is 11.9 Å². The fourth-order valence-electron chi connectivity index (χ4n) is 0.956. The number of hydrogen-bond donors (Lipinski definition) is 5. The minimum absolute atomic E-state index is 0.170. The van der Waals surface area contributed by atoms with E-state index >= 15 is 0 Å². The monoisotopic (exact) mass is 217 g/mol. The van der Waals surface area contributed by atoms with Gasteiger partial charge >= 0.3 is 5.97 Å². The molecule has 7 heteroatoms. The van der Waals surface area contributed by atoms with E-state index in [1.165, 1.54) is 6.92 Å². The van der Waals surface area contributed by atoms with Crippen molar-refractivity contribution in [2.24, 2.45) is 22.3 Å². The summed E-state index contributed by atoms with van der Waals surface area (Å²) in [6.45, 7) is 2.00. The predicted octanol–water partition coefficient (Wildman–Crippen LogP) is -1.26. The number of unbranched alkanes of at least 4 members (excludes halogenated alkanes) is 1. The minimum atomic E-state index is -1.17. The Bertz CT molecular complexity index is 239. The molecule has 0 saturated heterocycles. The van der Waals surface area contributed by atoms with Crippen LogP contribution in [0.4, 0.5) is 0 Å². The number of hydrazine groups is 1. The summed E-state index contributed by atoms with van der Waals surface area (Å²) in [5.41, 5.74) is 11.9. The maximum Gasteiger partial charge on any atom is 0.323 e. The lowest BCUT2D eigenvalue weighted by Gasteiger charge is -2.18. The predicted molar refractivity (Wildman–Crippen MR) is 57.9 cm³/mol. The highest BCUT2D eigenvalue weighted by Gasteiger charge is 2.26. The third-order valence-electron chi connectivity index (χ3n) is 2.02. The molecule has 1 unspecified atom stereocenters. The number of carbonyl (C=O) groups is 1. The molecule has 0 aromatic rings. The molecule has 0 heterocycles. The molecule has 0 aliphatic carbocycles. The van der Waals surface area contributed by atoms with E-state index in [0.717, 1.165) is 6.42 Å². The van der Waals surface area contributed by atoms with Gasteiger partial charge in [-0.15, -0.1) is 0 Å². The van der Waals surface area contributed by atoms with Crippen molar-refractivity contribution in [2.75, 3.05) is 6.54 Å². The van der Waals surface area contributed by atoms with Gasteiger partial charge in [-0.05, 0) is 26.2 Å². The van der Waals surface area contributed by atoms with Crippen LogP contribution in [0.3, 0.4) is 0 Å². The summed E-state index contributed by atoms with van der Waals surface area (Å²) in [5, 5.41) is 8.72. The Morgan fingerprint density at radius 3 is 2.60 bits per heavy atom. The fraction of sp³-hybridized carbons (Fsp3) is 0.750. The molecule has 0 saturated carbocycles. The number of carboxylic acid groups (broad SMARTS) is 1. The van der Waals surface area contributed by atoms with Gasteiger partial charge in [-0.3, -0.25) is 15.2 Å². The number of carboxylic acids is 1. The molecule has 15 heavy (non-hydrogen) atoms. The number of nitrogens with one attached hydrogen (secondary N) is 1. The summed E-state index contributed by atoms with van der Waals surface area (Å²) in [6.07, 6.45) is 1.82. The van der Waals surface area contributed by atoms with Crippen molar-refractivity contribution in [1.29, 1.82) is 0 Å². The zero-order valence-electron chi connectivity index (χ0n) is 8.86. The maximum atomic E-state index is 10.6. The Balaban J connectivity index is 3.68. The number of nitrogens with zero attached hydrogens (tertiary/aromatic N) is 1. The second kappa shape index (κ2) is 6.20. The van der Waals surface area contributed by atoms with Crippen molar-refractivity contribution in [3.8, 4) is 0 Å². The molecule has 0 fully saturated rings. The van der Waals surface area contributed by atoms with Gasteiger partial charge in [0.25, 0.3) is 0 Å². The molecule has 0 aromatic heterocycles. The molecule has 0 bridgehead atoms. The van der Waals surface area contributed by atoms with E-state index in [9.17, 15) is 4.79 Å². The minimum Gasteiger partial charge on any atom is -0.480 e. The van der Waals surface area contributed by atoms with Crippen molar-refractivity contribution in [1.82, 2.24) is 5.43 Å². The van der Waals surface area contributed by atoms with Gasteiger partial charge in [0.15, 0.2) is 0 Å². The van der Waals surface area contributed by atoms with Crippen LogP contribution in [-0.2, 0) is 4.79 Å². The Kier molecular flexibility index (Phi) is 5.65. The molecule has 0 amide bonds. The first-order valence-electron chi connectivity index (χ1n) is 4.69. The second-order valence-electron chi connectivity index (χ2n) is 3.59. The van der Waals surface area contributed by atoms with Crippen molar-refractivity contribution < 1.29 is 9.90 Å². The van der Waals surface area contributed by atoms with E-state index in [-0.39, 0.29) is 5.96 Å². The lowest BCUT2D eigenvalue weighted by atomic mass is 9.96. The third kappa shape index (κ3) is 5.87. The molecule has 0 aliphatic rings. The molecule has 0 spiro atoms. The highest BCUT2D eigenvalue weighted by Crippen LogP contribution is 2.10. The average Bonchev–Trinajstić information content (AvgIpc) is 2.16. The van der Waals surface area contributed by atoms with Crippen LogP contribution in [0, 0.1) is 0 Å². The van der Waals surface area contributed by atoms with Crippen LogP contribution >= 0.6 is 0 Å². The maximum absolute atomic E-state index is 10.6. The zero-order chi connectivity index (χ0) is 11.9. The SMILES string of the molecule is CC(N)(CCCCN=C(N)NN)C(=O)O. The van der Waals surface area contributed by atoms with E-state index < -0.39 is 11.5 Å². The summed E-state index contributed by atoms with van der Waals surface area (Å²) < 4.78 is 0. The first-order valence-corrected chi connectivity index (χ1v) is 4.69. The molecule has 1 atom stereocenters. The van der Waals surface area contributed by atoms with Crippen LogP contribution < -0.4 is 22.7 Å². The van der Waals surface area contributed by atoms with Crippen LogP contribution in [-0.4, -0.2) is 29.1 Å². The topological polar surface area (TPSA) is 140 Å². The first kappa shape index (κ1) is 13.7. The lowest BCUT2D eigenvalue weighted by Crippen LogP contribution is -2.44. The summed E-state index contributed by atoms with van der Waals surface area (Å²) in [5.74, 6) is 4.17. The lowest BCUT2D eigenvalue weighted by molar-refractivity contribution is -0.142. The zero-order valence-corrected chi connectivity index (χ0v) is 8.86. The van der Waals surface area contributed by atoms with E-state index in [0.29, 0.717) is 19.4 Å². The molecular weight excluding hydrogens is 198 g/mol. The van der Waals surface area contributed by atoms with E-state index in [1.807, 2.05) is 0 Å². The Morgan fingerprint density at radius 1 is 1.53 bits per heavy atom. The number of guanidine groups is 1. The smallest absolute Gasteiger partial charge is 0.323 e. The van der Waals surface area contributed by atoms with Crippen molar-refractivity contribution in [3.63, 3.8) is 0 Å². The van der Waals surface area contributed by atoms with E-state index in [1.54, 1.807) is 0 Å². The van der Waals surface area contributed by atoms with Gasteiger partial charge in [0.1, 0.15) is 5.54 Å². The Hall–Kier alpha value is -1.34. The van der Waals surface area contributed by atoms with E-state index in [2.05, 4.69) is 10.4 Å². The van der Waals surface area contributed by atoms with Crippen LogP contribution in [0.1, 0.15) is 26.2 Å². The molecule has 0 radical (unpaired) electrons. The number of aliphatic carboxylic acids is 1. The normalized spacial score (nSPS) is 15.8. The number of hydrogen-bond acceptors (Lipinski definition) is 4. The Labute approximate surface area is 88.7 Å². The number of rotatable bonds is 6. The highest BCUT2D eigenvalue weighted by molar-refractivity contribution is 5.77. The van der Waals surface area contributed by atoms with Crippen molar-refractivity contribution in [3.05, 3.63) is 0 Å². The first-order chi connectivity index (χ1) is 6.90. The van der Waals surface area contributed by atoms with E-state index in [4.69, 9.17) is 22.4 Å². The van der Waals surface area contributed by atoms with Gasteiger partial charge < -0.3 is 16.6 Å². The molecular formula is C8H19N5O2. The molecule has 0 aromatic carbocycles. The van der Waals surface area contributed by atoms with Crippen LogP contribution in [0.2, 0.25) is 0 Å². The van der Waals surface area contributed by atoms with Gasteiger partial charge in [-0.2, -0.15) is 0 Å².